The predicted molar refractivity (Wildman–Crippen MR) is 83.9 cm³/mol. The van der Waals surface area contributed by atoms with Crippen molar-refractivity contribution in [2.75, 3.05) is 6.54 Å². The van der Waals surface area contributed by atoms with Gasteiger partial charge in [0.1, 0.15) is 0 Å². The van der Waals surface area contributed by atoms with Gasteiger partial charge in [-0.3, -0.25) is 4.68 Å². The third kappa shape index (κ3) is 3.48. The molecule has 1 aromatic heterocycles. The van der Waals surface area contributed by atoms with Crippen LogP contribution >= 0.6 is 0 Å². The number of aromatic nitrogens is 2. The van der Waals surface area contributed by atoms with Crippen molar-refractivity contribution in [3.63, 3.8) is 0 Å². The molecule has 0 fully saturated rings. The van der Waals surface area contributed by atoms with E-state index in [0.29, 0.717) is 6.04 Å². The molecule has 20 heavy (non-hydrogen) atoms. The Labute approximate surface area is 122 Å². The second kappa shape index (κ2) is 6.71. The van der Waals surface area contributed by atoms with Gasteiger partial charge in [0.25, 0.3) is 0 Å². The van der Waals surface area contributed by atoms with Crippen LogP contribution in [0.2, 0.25) is 0 Å². The van der Waals surface area contributed by atoms with E-state index >= 15 is 0 Å². The number of aryl methyl sites for hydroxylation is 3. The third-order valence-electron chi connectivity index (χ3n) is 3.93. The molecule has 0 aliphatic carbocycles. The monoisotopic (exact) mass is 271 g/mol. The van der Waals surface area contributed by atoms with Crippen molar-refractivity contribution in [2.24, 2.45) is 7.05 Å². The van der Waals surface area contributed by atoms with Crippen LogP contribution in [-0.4, -0.2) is 16.3 Å². The molecule has 0 aliphatic heterocycles. The summed E-state index contributed by atoms with van der Waals surface area (Å²) in [6.45, 7) is 7.48. The molecule has 1 aromatic carbocycles. The summed E-state index contributed by atoms with van der Waals surface area (Å²) < 4.78 is 1.97. The minimum atomic E-state index is 0.361. The molecular formula is C17H25N3. The van der Waals surface area contributed by atoms with Gasteiger partial charge in [0.15, 0.2) is 0 Å². The number of nitrogens with one attached hydrogen (secondary N) is 1. The van der Waals surface area contributed by atoms with E-state index in [0.717, 1.165) is 25.1 Å². The summed E-state index contributed by atoms with van der Waals surface area (Å²) in [6, 6.07) is 11.0. The van der Waals surface area contributed by atoms with E-state index in [1.807, 2.05) is 11.7 Å². The predicted octanol–water partition coefficient (Wildman–Crippen LogP) is 3.32. The fourth-order valence-electron chi connectivity index (χ4n) is 2.77. The van der Waals surface area contributed by atoms with Crippen LogP contribution in [0.3, 0.4) is 0 Å². The van der Waals surface area contributed by atoms with Crippen LogP contribution in [0.5, 0.6) is 0 Å². The maximum atomic E-state index is 4.48. The summed E-state index contributed by atoms with van der Waals surface area (Å²) >= 11 is 0. The SMILES string of the molecule is Cc1nn(C)c(C)c1C(C)NCCCc1ccccc1. The van der Waals surface area contributed by atoms with Gasteiger partial charge in [-0.2, -0.15) is 5.10 Å². The Morgan fingerprint density at radius 3 is 2.50 bits per heavy atom. The van der Waals surface area contributed by atoms with Gasteiger partial charge in [-0.05, 0) is 45.7 Å². The van der Waals surface area contributed by atoms with Crippen molar-refractivity contribution in [1.29, 1.82) is 0 Å². The molecule has 1 atom stereocenters. The molecule has 0 aliphatic rings. The number of rotatable bonds is 6. The van der Waals surface area contributed by atoms with Crippen LogP contribution in [0.4, 0.5) is 0 Å². The van der Waals surface area contributed by atoms with E-state index in [1.54, 1.807) is 0 Å². The maximum Gasteiger partial charge on any atom is 0.0644 e. The second-order valence-corrected chi connectivity index (χ2v) is 5.47. The van der Waals surface area contributed by atoms with Crippen molar-refractivity contribution in [2.45, 2.75) is 39.7 Å². The Hall–Kier alpha value is -1.61. The molecule has 0 radical (unpaired) electrons. The van der Waals surface area contributed by atoms with E-state index in [4.69, 9.17) is 0 Å². The van der Waals surface area contributed by atoms with Crippen LogP contribution in [-0.2, 0) is 13.5 Å². The van der Waals surface area contributed by atoms with E-state index in [2.05, 4.69) is 61.5 Å². The molecule has 0 saturated heterocycles. The zero-order valence-corrected chi connectivity index (χ0v) is 13.0. The van der Waals surface area contributed by atoms with E-state index < -0.39 is 0 Å². The maximum absolute atomic E-state index is 4.48. The van der Waals surface area contributed by atoms with Crippen LogP contribution < -0.4 is 5.32 Å². The molecule has 0 amide bonds. The van der Waals surface area contributed by atoms with Crippen LogP contribution in [0.1, 0.15) is 41.9 Å². The molecule has 1 N–H and O–H groups in total. The van der Waals surface area contributed by atoms with Gasteiger partial charge in [0.05, 0.1) is 5.69 Å². The van der Waals surface area contributed by atoms with E-state index in [9.17, 15) is 0 Å². The normalized spacial score (nSPS) is 12.6. The first kappa shape index (κ1) is 14.8. The minimum absolute atomic E-state index is 0.361. The Morgan fingerprint density at radius 2 is 1.90 bits per heavy atom. The van der Waals surface area contributed by atoms with Gasteiger partial charge in [-0.25, -0.2) is 0 Å². The average molecular weight is 271 g/mol. The van der Waals surface area contributed by atoms with Gasteiger partial charge in [-0.1, -0.05) is 30.3 Å². The van der Waals surface area contributed by atoms with Crippen molar-refractivity contribution < 1.29 is 0 Å². The summed E-state index contributed by atoms with van der Waals surface area (Å²) in [5.41, 5.74) is 5.14. The van der Waals surface area contributed by atoms with Gasteiger partial charge < -0.3 is 5.32 Å². The largest absolute Gasteiger partial charge is 0.310 e. The Morgan fingerprint density at radius 1 is 1.20 bits per heavy atom. The molecule has 1 unspecified atom stereocenters. The van der Waals surface area contributed by atoms with Crippen LogP contribution in [0.25, 0.3) is 0 Å². The quantitative estimate of drug-likeness (QED) is 0.817. The number of hydrogen-bond acceptors (Lipinski definition) is 2. The average Bonchev–Trinajstić information content (AvgIpc) is 2.69. The van der Waals surface area contributed by atoms with Crippen LogP contribution in [0.15, 0.2) is 30.3 Å². The van der Waals surface area contributed by atoms with Crippen molar-refractivity contribution >= 4 is 0 Å². The first-order valence-electron chi connectivity index (χ1n) is 7.37. The molecule has 2 aromatic rings. The second-order valence-electron chi connectivity index (χ2n) is 5.47. The summed E-state index contributed by atoms with van der Waals surface area (Å²) in [5.74, 6) is 0. The molecule has 3 nitrogen and oxygen atoms in total. The highest BCUT2D eigenvalue weighted by Crippen LogP contribution is 2.20. The zero-order chi connectivity index (χ0) is 14.5. The number of nitrogens with zero attached hydrogens (tertiary/aromatic N) is 2. The number of hydrogen-bond donors (Lipinski definition) is 1. The standard InChI is InChI=1S/C17H25N3/c1-13(17-14(2)19-20(4)15(17)3)18-12-8-11-16-9-6-5-7-10-16/h5-7,9-10,13,18H,8,11-12H2,1-4H3. The first-order valence-corrected chi connectivity index (χ1v) is 7.37. The topological polar surface area (TPSA) is 29.9 Å². The Balaban J connectivity index is 1.82. The van der Waals surface area contributed by atoms with E-state index in [1.165, 1.54) is 16.8 Å². The molecule has 3 heteroatoms. The highest BCUT2D eigenvalue weighted by molar-refractivity contribution is 5.27. The highest BCUT2D eigenvalue weighted by Gasteiger charge is 2.15. The first-order chi connectivity index (χ1) is 9.59. The van der Waals surface area contributed by atoms with E-state index in [-0.39, 0.29) is 0 Å². The zero-order valence-electron chi connectivity index (χ0n) is 13.0. The van der Waals surface area contributed by atoms with Gasteiger partial charge in [0, 0.05) is 24.3 Å². The fourth-order valence-corrected chi connectivity index (χ4v) is 2.77. The van der Waals surface area contributed by atoms with Gasteiger partial charge in [0.2, 0.25) is 0 Å². The van der Waals surface area contributed by atoms with Crippen molar-refractivity contribution in [3.05, 3.63) is 52.8 Å². The summed E-state index contributed by atoms with van der Waals surface area (Å²) in [7, 11) is 2.01. The molecule has 0 bridgehead atoms. The lowest BCUT2D eigenvalue weighted by Gasteiger charge is -2.14. The Kier molecular flexibility index (Phi) is 4.96. The fraction of sp³-hybridized carbons (Fsp3) is 0.471. The third-order valence-corrected chi connectivity index (χ3v) is 3.93. The number of benzene rings is 1. The summed E-state index contributed by atoms with van der Waals surface area (Å²) in [5, 5.41) is 8.09. The van der Waals surface area contributed by atoms with Gasteiger partial charge in [-0.15, -0.1) is 0 Å². The van der Waals surface area contributed by atoms with Crippen molar-refractivity contribution in [3.8, 4) is 0 Å². The van der Waals surface area contributed by atoms with Crippen LogP contribution in [0, 0.1) is 13.8 Å². The molecule has 108 valence electrons. The highest BCUT2D eigenvalue weighted by atomic mass is 15.3. The lowest BCUT2D eigenvalue weighted by Crippen LogP contribution is -2.21. The molecular weight excluding hydrogens is 246 g/mol. The molecule has 2 rings (SSSR count). The lowest BCUT2D eigenvalue weighted by atomic mass is 10.1. The minimum Gasteiger partial charge on any atom is -0.310 e. The smallest absolute Gasteiger partial charge is 0.0644 e. The molecule has 0 saturated carbocycles. The molecule has 1 heterocycles. The summed E-state index contributed by atoms with van der Waals surface area (Å²) in [6.07, 6.45) is 2.29. The lowest BCUT2D eigenvalue weighted by molar-refractivity contribution is 0.553. The Bertz CT molecular complexity index is 543. The summed E-state index contributed by atoms with van der Waals surface area (Å²) in [4.78, 5) is 0. The molecule has 0 spiro atoms. The van der Waals surface area contributed by atoms with Crippen molar-refractivity contribution in [1.82, 2.24) is 15.1 Å². The van der Waals surface area contributed by atoms with Gasteiger partial charge >= 0.3 is 0 Å².